The van der Waals surface area contributed by atoms with Gasteiger partial charge in [-0.05, 0) is 19.8 Å². The molecule has 0 aliphatic heterocycles. The van der Waals surface area contributed by atoms with E-state index in [0.717, 1.165) is 0 Å². The number of nitrogens with two attached hydrogens (primary N) is 2. The normalized spacial score (nSPS) is 13.7. The zero-order chi connectivity index (χ0) is 12.2. The molecule has 15 heavy (non-hydrogen) atoms. The molecule has 0 aromatic rings. The van der Waals surface area contributed by atoms with Crippen molar-refractivity contribution in [3.63, 3.8) is 0 Å². The summed E-state index contributed by atoms with van der Waals surface area (Å²) in [6, 6.07) is -0.548. The fourth-order valence-corrected chi connectivity index (χ4v) is 0.816. The number of hydrogen-bond donors (Lipinski definition) is 3. The van der Waals surface area contributed by atoms with Crippen LogP contribution in [0.5, 0.6) is 0 Å². The molecule has 0 aliphatic carbocycles. The van der Waals surface area contributed by atoms with Crippen molar-refractivity contribution in [2.75, 3.05) is 6.54 Å². The first-order valence-electron chi connectivity index (χ1n) is 5.01. The molecule has 0 fully saturated rings. The average Bonchev–Trinajstić information content (AvgIpc) is 2.12. The van der Waals surface area contributed by atoms with Crippen LogP contribution in [0.1, 0.15) is 27.7 Å². The van der Waals surface area contributed by atoms with Crippen molar-refractivity contribution in [2.24, 2.45) is 22.8 Å². The molecule has 0 aromatic carbocycles. The predicted molar refractivity (Wildman–Crippen MR) is 58.8 cm³/mol. The molecule has 5 N–H and O–H groups in total. The van der Waals surface area contributed by atoms with Crippen LogP contribution in [-0.2, 0) is 9.59 Å². The van der Waals surface area contributed by atoms with Crippen LogP contribution >= 0.6 is 0 Å². The van der Waals surface area contributed by atoms with Crippen LogP contribution in [0.4, 0.5) is 0 Å². The van der Waals surface area contributed by atoms with Gasteiger partial charge in [-0.3, -0.25) is 9.59 Å². The summed E-state index contributed by atoms with van der Waals surface area (Å²) >= 11 is 0. The number of carbonyl (C=O) groups excluding carboxylic acids is 2. The molecular weight excluding hydrogens is 194 g/mol. The van der Waals surface area contributed by atoms with Crippen molar-refractivity contribution in [3.8, 4) is 0 Å². The lowest BCUT2D eigenvalue weighted by Gasteiger charge is -2.23. The van der Waals surface area contributed by atoms with Gasteiger partial charge >= 0.3 is 0 Å². The molecule has 1 atom stereocenters. The van der Waals surface area contributed by atoms with E-state index in [9.17, 15) is 9.59 Å². The summed E-state index contributed by atoms with van der Waals surface area (Å²) in [4.78, 5) is 22.4. The number of rotatable bonds is 5. The first-order chi connectivity index (χ1) is 6.68. The van der Waals surface area contributed by atoms with Crippen LogP contribution in [-0.4, -0.2) is 24.4 Å². The van der Waals surface area contributed by atoms with Crippen molar-refractivity contribution < 1.29 is 9.59 Å². The van der Waals surface area contributed by atoms with E-state index in [-0.39, 0.29) is 18.4 Å². The number of amides is 2. The Balaban J connectivity index is 4.18. The van der Waals surface area contributed by atoms with Crippen LogP contribution in [0, 0.1) is 11.3 Å². The van der Waals surface area contributed by atoms with Gasteiger partial charge in [-0.1, -0.05) is 13.8 Å². The van der Waals surface area contributed by atoms with Crippen LogP contribution < -0.4 is 16.8 Å². The highest BCUT2D eigenvalue weighted by atomic mass is 16.2. The summed E-state index contributed by atoms with van der Waals surface area (Å²) in [5.74, 6) is -0.623. The molecule has 0 bridgehead atoms. The van der Waals surface area contributed by atoms with Gasteiger partial charge in [0.15, 0.2) is 0 Å². The Morgan fingerprint density at radius 3 is 2.13 bits per heavy atom. The van der Waals surface area contributed by atoms with Crippen LogP contribution in [0.15, 0.2) is 0 Å². The first kappa shape index (κ1) is 13.9. The number of nitrogens with one attached hydrogen (secondary N) is 1. The third-order valence-electron chi connectivity index (χ3n) is 2.39. The molecule has 0 saturated heterocycles. The predicted octanol–water partition coefficient (Wildman–Crippen LogP) is -0.403. The first-order valence-corrected chi connectivity index (χ1v) is 5.01. The van der Waals surface area contributed by atoms with Crippen LogP contribution in [0.3, 0.4) is 0 Å². The number of primary amides is 1. The van der Waals surface area contributed by atoms with E-state index in [0.29, 0.717) is 0 Å². The second kappa shape index (κ2) is 5.11. The molecule has 0 spiro atoms. The largest absolute Gasteiger partial charge is 0.369 e. The molecule has 5 heteroatoms. The highest BCUT2D eigenvalue weighted by Gasteiger charge is 2.27. The van der Waals surface area contributed by atoms with E-state index < -0.39 is 17.4 Å². The molecular formula is C10H21N3O2. The van der Waals surface area contributed by atoms with Crippen molar-refractivity contribution in [1.29, 1.82) is 0 Å². The Labute approximate surface area is 90.6 Å². The highest BCUT2D eigenvalue weighted by molar-refractivity contribution is 5.84. The molecule has 0 saturated carbocycles. The van der Waals surface area contributed by atoms with Crippen LogP contribution in [0.25, 0.3) is 0 Å². The van der Waals surface area contributed by atoms with E-state index in [1.165, 1.54) is 0 Å². The van der Waals surface area contributed by atoms with Gasteiger partial charge in [-0.2, -0.15) is 0 Å². The maximum atomic E-state index is 11.5. The van der Waals surface area contributed by atoms with Gasteiger partial charge in [0.2, 0.25) is 11.8 Å². The fraction of sp³-hybridized carbons (Fsp3) is 0.800. The molecule has 2 amide bonds. The molecule has 0 aliphatic rings. The quantitative estimate of drug-likeness (QED) is 0.582. The zero-order valence-electron chi connectivity index (χ0n) is 9.83. The molecule has 0 unspecified atom stereocenters. The number of carbonyl (C=O) groups is 2. The molecule has 0 heterocycles. The SMILES string of the molecule is CC(C)[C@@H](N)C(=O)NCC(C)(C)C(N)=O. The Hall–Kier alpha value is -1.10. The Bertz CT molecular complexity index is 249. The van der Waals surface area contributed by atoms with Crippen molar-refractivity contribution in [3.05, 3.63) is 0 Å². The van der Waals surface area contributed by atoms with Gasteiger partial charge in [-0.15, -0.1) is 0 Å². The van der Waals surface area contributed by atoms with Gasteiger partial charge in [0, 0.05) is 6.54 Å². The zero-order valence-corrected chi connectivity index (χ0v) is 9.83. The molecule has 0 aromatic heterocycles. The van der Waals surface area contributed by atoms with E-state index in [1.807, 2.05) is 13.8 Å². The van der Waals surface area contributed by atoms with Gasteiger partial charge in [0.25, 0.3) is 0 Å². The molecule has 0 rings (SSSR count). The van der Waals surface area contributed by atoms with E-state index in [4.69, 9.17) is 11.5 Å². The van der Waals surface area contributed by atoms with E-state index >= 15 is 0 Å². The van der Waals surface area contributed by atoms with Crippen molar-refractivity contribution in [1.82, 2.24) is 5.32 Å². The van der Waals surface area contributed by atoms with E-state index in [2.05, 4.69) is 5.32 Å². The summed E-state index contributed by atoms with van der Waals surface area (Å²) < 4.78 is 0. The summed E-state index contributed by atoms with van der Waals surface area (Å²) in [7, 11) is 0. The van der Waals surface area contributed by atoms with E-state index in [1.54, 1.807) is 13.8 Å². The second-order valence-electron chi connectivity index (χ2n) is 4.74. The summed E-state index contributed by atoms with van der Waals surface area (Å²) in [5, 5.41) is 2.62. The van der Waals surface area contributed by atoms with Crippen LogP contribution in [0.2, 0.25) is 0 Å². The minimum atomic E-state index is -0.744. The minimum absolute atomic E-state index is 0.0710. The lowest BCUT2D eigenvalue weighted by Crippen LogP contribution is -2.49. The third kappa shape index (κ3) is 4.29. The second-order valence-corrected chi connectivity index (χ2v) is 4.74. The summed E-state index contributed by atoms with van der Waals surface area (Å²) in [6.07, 6.45) is 0. The van der Waals surface area contributed by atoms with Gasteiger partial charge in [0.1, 0.15) is 0 Å². The molecule has 0 radical (unpaired) electrons. The van der Waals surface area contributed by atoms with Gasteiger partial charge in [-0.25, -0.2) is 0 Å². The standard InChI is InChI=1S/C10H21N3O2/c1-6(2)7(11)8(14)13-5-10(3,4)9(12)15/h6-7H,5,11H2,1-4H3,(H2,12,15)(H,13,14)/t7-/m1/s1. The molecule has 88 valence electrons. The highest BCUT2D eigenvalue weighted by Crippen LogP contribution is 2.12. The smallest absolute Gasteiger partial charge is 0.237 e. The topological polar surface area (TPSA) is 98.2 Å². The summed E-state index contributed by atoms with van der Waals surface area (Å²) in [6.45, 7) is 7.29. The lowest BCUT2D eigenvalue weighted by atomic mass is 9.92. The summed E-state index contributed by atoms with van der Waals surface area (Å²) in [5.41, 5.74) is 10.1. The van der Waals surface area contributed by atoms with Gasteiger partial charge < -0.3 is 16.8 Å². The minimum Gasteiger partial charge on any atom is -0.369 e. The Morgan fingerprint density at radius 2 is 1.80 bits per heavy atom. The Kier molecular flexibility index (Phi) is 4.74. The third-order valence-corrected chi connectivity index (χ3v) is 2.39. The van der Waals surface area contributed by atoms with Crippen molar-refractivity contribution in [2.45, 2.75) is 33.7 Å². The monoisotopic (exact) mass is 215 g/mol. The van der Waals surface area contributed by atoms with Crippen molar-refractivity contribution >= 4 is 11.8 Å². The maximum absolute atomic E-state index is 11.5. The number of hydrogen-bond acceptors (Lipinski definition) is 3. The molecule has 5 nitrogen and oxygen atoms in total. The lowest BCUT2D eigenvalue weighted by molar-refractivity contribution is -0.127. The maximum Gasteiger partial charge on any atom is 0.237 e. The van der Waals surface area contributed by atoms with Gasteiger partial charge in [0.05, 0.1) is 11.5 Å². The fourth-order valence-electron chi connectivity index (χ4n) is 0.816. The Morgan fingerprint density at radius 1 is 1.33 bits per heavy atom. The average molecular weight is 215 g/mol.